The lowest BCUT2D eigenvalue weighted by Gasteiger charge is -2.12. The molecule has 0 bridgehead atoms. The van der Waals surface area contributed by atoms with Crippen LogP contribution in [0.4, 0.5) is 4.79 Å². The normalized spacial score (nSPS) is 13.3. The third-order valence-electron chi connectivity index (χ3n) is 4.39. The number of carboxylic acid groups (broad SMARTS) is 1. The minimum absolute atomic E-state index is 0.0609. The highest BCUT2D eigenvalue weighted by molar-refractivity contribution is 8.12. The first kappa shape index (κ1) is 16.4. The van der Waals surface area contributed by atoms with Crippen molar-refractivity contribution in [3.05, 3.63) is 62.5 Å². The molecule has 4 rings (SSSR count). The van der Waals surface area contributed by atoms with E-state index in [1.807, 2.05) is 30.3 Å². The number of thioether (sulfide) groups is 1. The van der Waals surface area contributed by atoms with Crippen LogP contribution in [-0.4, -0.2) is 20.0 Å². The lowest BCUT2D eigenvalue weighted by molar-refractivity contribution is 0.222. The maximum atomic E-state index is 13.1. The molecule has 1 aromatic carbocycles. The molecule has 1 N–H and O–H groups in total. The molecule has 7 heteroatoms. The van der Waals surface area contributed by atoms with E-state index >= 15 is 0 Å². The standard InChI is InChI=1S/C18H16N2O3S2/c21-17-16-15(12-7-4-8-13(12)25-16)19-14(10-24-18(22)23)20(17)9-11-5-2-1-3-6-11/h1-3,5-6H,4,7-10H2,(H,22,23). The van der Waals surface area contributed by atoms with Gasteiger partial charge in [-0.25, -0.2) is 9.78 Å². The van der Waals surface area contributed by atoms with Crippen LogP contribution < -0.4 is 5.56 Å². The molecule has 1 aliphatic carbocycles. The summed E-state index contributed by atoms with van der Waals surface area (Å²) in [4.78, 5) is 30.0. The summed E-state index contributed by atoms with van der Waals surface area (Å²) in [5.41, 5.74) is 2.91. The molecule has 0 radical (unpaired) electrons. The quantitative estimate of drug-likeness (QED) is 0.752. The molecule has 0 fully saturated rings. The van der Waals surface area contributed by atoms with E-state index in [4.69, 9.17) is 10.1 Å². The number of carbonyl (C=O) groups is 1. The molecule has 0 saturated carbocycles. The van der Waals surface area contributed by atoms with Crippen molar-refractivity contribution in [2.75, 3.05) is 0 Å². The summed E-state index contributed by atoms with van der Waals surface area (Å²) in [7, 11) is 0. The highest BCUT2D eigenvalue weighted by atomic mass is 32.2. The predicted octanol–water partition coefficient (Wildman–Crippen LogP) is 3.91. The van der Waals surface area contributed by atoms with Crippen LogP contribution in [0.2, 0.25) is 0 Å². The molecule has 25 heavy (non-hydrogen) atoms. The van der Waals surface area contributed by atoms with Gasteiger partial charge in [-0.05, 0) is 42.2 Å². The maximum Gasteiger partial charge on any atom is 0.365 e. The highest BCUT2D eigenvalue weighted by Crippen LogP contribution is 2.35. The molecular formula is C18H16N2O3S2. The van der Waals surface area contributed by atoms with E-state index in [0.717, 1.165) is 42.1 Å². The van der Waals surface area contributed by atoms with Crippen molar-refractivity contribution in [1.82, 2.24) is 9.55 Å². The van der Waals surface area contributed by atoms with Gasteiger partial charge in [0.1, 0.15) is 10.5 Å². The van der Waals surface area contributed by atoms with Crippen molar-refractivity contribution >= 4 is 38.6 Å². The molecule has 0 saturated heterocycles. The molecule has 0 unspecified atom stereocenters. The third kappa shape index (κ3) is 3.09. The summed E-state index contributed by atoms with van der Waals surface area (Å²) < 4.78 is 2.32. The van der Waals surface area contributed by atoms with Gasteiger partial charge >= 0.3 is 5.30 Å². The Kier molecular flexibility index (Phi) is 4.35. The molecule has 0 spiro atoms. The fourth-order valence-corrected chi connectivity index (χ4v) is 5.00. The van der Waals surface area contributed by atoms with Crippen molar-refractivity contribution in [2.24, 2.45) is 0 Å². The predicted molar refractivity (Wildman–Crippen MR) is 101 cm³/mol. The fourth-order valence-electron chi connectivity index (χ4n) is 3.25. The summed E-state index contributed by atoms with van der Waals surface area (Å²) >= 11 is 2.31. The topological polar surface area (TPSA) is 72.2 Å². The Hall–Kier alpha value is -2.12. The Morgan fingerprint density at radius 2 is 2.08 bits per heavy atom. The SMILES string of the molecule is O=C(O)SCc1nc2c3c(sc2c(=O)n1Cc1ccccc1)CCC3. The van der Waals surface area contributed by atoms with Crippen molar-refractivity contribution < 1.29 is 9.90 Å². The van der Waals surface area contributed by atoms with Gasteiger partial charge in [0, 0.05) is 4.88 Å². The second-order valence-corrected chi connectivity index (χ2v) is 8.03. The van der Waals surface area contributed by atoms with Crippen molar-refractivity contribution in [3.8, 4) is 0 Å². The molecular weight excluding hydrogens is 356 g/mol. The van der Waals surface area contributed by atoms with E-state index in [2.05, 4.69) is 0 Å². The van der Waals surface area contributed by atoms with Crippen LogP contribution in [0.25, 0.3) is 10.2 Å². The monoisotopic (exact) mass is 372 g/mol. The van der Waals surface area contributed by atoms with Gasteiger partial charge in [-0.2, -0.15) is 0 Å². The third-order valence-corrected chi connectivity index (χ3v) is 6.31. The Labute approximate surface area is 152 Å². The van der Waals surface area contributed by atoms with Gasteiger partial charge in [0.05, 0.1) is 17.8 Å². The average molecular weight is 372 g/mol. The zero-order chi connectivity index (χ0) is 17.4. The van der Waals surface area contributed by atoms with Crippen molar-refractivity contribution in [1.29, 1.82) is 0 Å². The number of hydrogen-bond acceptors (Lipinski definition) is 5. The van der Waals surface area contributed by atoms with E-state index in [-0.39, 0.29) is 11.3 Å². The Balaban J connectivity index is 1.86. The maximum absolute atomic E-state index is 13.1. The zero-order valence-corrected chi connectivity index (χ0v) is 15.0. The molecule has 0 aliphatic heterocycles. The average Bonchev–Trinajstić information content (AvgIpc) is 3.18. The number of aromatic nitrogens is 2. The Bertz CT molecular complexity index is 1010. The summed E-state index contributed by atoms with van der Waals surface area (Å²) in [6, 6.07) is 9.70. The highest BCUT2D eigenvalue weighted by Gasteiger charge is 2.23. The van der Waals surface area contributed by atoms with Crippen molar-refractivity contribution in [3.63, 3.8) is 0 Å². The summed E-state index contributed by atoms with van der Waals surface area (Å²) in [5.74, 6) is 0.707. The first-order valence-corrected chi connectivity index (χ1v) is 9.87. The Morgan fingerprint density at radius 1 is 1.28 bits per heavy atom. The van der Waals surface area contributed by atoms with Crippen molar-refractivity contribution in [2.45, 2.75) is 31.6 Å². The first-order chi connectivity index (χ1) is 12.1. The van der Waals surface area contributed by atoms with E-state index < -0.39 is 5.30 Å². The van der Waals surface area contributed by atoms with Gasteiger partial charge in [0.15, 0.2) is 0 Å². The largest absolute Gasteiger partial charge is 0.473 e. The molecule has 128 valence electrons. The van der Waals surface area contributed by atoms with E-state index in [1.165, 1.54) is 10.4 Å². The van der Waals surface area contributed by atoms with Crippen LogP contribution >= 0.6 is 23.1 Å². The minimum atomic E-state index is -0.962. The van der Waals surface area contributed by atoms with Gasteiger partial charge in [-0.15, -0.1) is 11.3 Å². The Morgan fingerprint density at radius 3 is 2.84 bits per heavy atom. The summed E-state index contributed by atoms with van der Waals surface area (Å²) in [6.45, 7) is 0.403. The van der Waals surface area contributed by atoms with Gasteiger partial charge in [-0.1, -0.05) is 30.3 Å². The molecule has 5 nitrogen and oxygen atoms in total. The number of benzene rings is 1. The van der Waals surface area contributed by atoms with Gasteiger partial charge in [0.25, 0.3) is 5.56 Å². The van der Waals surface area contributed by atoms with E-state index in [1.54, 1.807) is 15.9 Å². The first-order valence-electron chi connectivity index (χ1n) is 8.07. The number of fused-ring (bicyclic) bond motifs is 3. The van der Waals surface area contributed by atoms with E-state index in [0.29, 0.717) is 17.1 Å². The zero-order valence-electron chi connectivity index (χ0n) is 13.4. The van der Waals surface area contributed by atoms with Crippen LogP contribution in [-0.2, 0) is 25.1 Å². The van der Waals surface area contributed by atoms with Gasteiger partial charge in [-0.3, -0.25) is 9.36 Å². The molecule has 0 amide bonds. The van der Waals surface area contributed by atoms with Crippen LogP contribution in [0, 0.1) is 0 Å². The number of hydrogen-bond donors (Lipinski definition) is 1. The fraction of sp³-hybridized carbons (Fsp3) is 0.278. The van der Waals surface area contributed by atoms with Crippen LogP contribution in [0.3, 0.4) is 0 Å². The smallest absolute Gasteiger partial charge is 0.365 e. The number of aryl methyl sites for hydroxylation is 2. The number of rotatable bonds is 4. The molecule has 3 aromatic rings. The van der Waals surface area contributed by atoms with E-state index in [9.17, 15) is 9.59 Å². The molecule has 1 aliphatic rings. The van der Waals surface area contributed by atoms with Gasteiger partial charge < -0.3 is 5.11 Å². The molecule has 0 atom stereocenters. The number of thiophene rings is 1. The lowest BCUT2D eigenvalue weighted by Crippen LogP contribution is -2.25. The minimum Gasteiger partial charge on any atom is -0.473 e. The molecule has 2 heterocycles. The summed E-state index contributed by atoms with van der Waals surface area (Å²) in [6.07, 6.45) is 3.06. The van der Waals surface area contributed by atoms with Crippen LogP contribution in [0.1, 0.15) is 28.2 Å². The lowest BCUT2D eigenvalue weighted by atomic mass is 10.2. The second-order valence-electron chi connectivity index (χ2n) is 5.99. The molecule has 2 aromatic heterocycles. The second kappa shape index (κ2) is 6.65. The van der Waals surface area contributed by atoms with Crippen LogP contribution in [0.5, 0.6) is 0 Å². The van der Waals surface area contributed by atoms with Gasteiger partial charge in [0.2, 0.25) is 0 Å². The number of nitrogens with zero attached hydrogens (tertiary/aromatic N) is 2. The van der Waals surface area contributed by atoms with Crippen LogP contribution in [0.15, 0.2) is 35.1 Å². The summed E-state index contributed by atoms with van der Waals surface area (Å²) in [5, 5.41) is 8.04.